The van der Waals surface area contributed by atoms with Crippen molar-refractivity contribution in [1.82, 2.24) is 9.80 Å². The van der Waals surface area contributed by atoms with Crippen LogP contribution in [-0.4, -0.2) is 53.6 Å². The van der Waals surface area contributed by atoms with Crippen molar-refractivity contribution in [3.8, 4) is 0 Å². The van der Waals surface area contributed by atoms with Crippen LogP contribution in [0.4, 0.5) is 4.79 Å². The van der Waals surface area contributed by atoms with Crippen LogP contribution in [0.25, 0.3) is 0 Å². The number of carbonyl (C=O) groups excluding carboxylic acids is 2. The van der Waals surface area contributed by atoms with E-state index in [1.54, 1.807) is 11.8 Å². The zero-order valence-electron chi connectivity index (χ0n) is 11.6. The Morgan fingerprint density at radius 3 is 1.83 bits per heavy atom. The number of ether oxygens (including phenoxy) is 1. The molecule has 2 amide bonds. The van der Waals surface area contributed by atoms with Crippen molar-refractivity contribution in [2.75, 3.05) is 26.2 Å². The van der Waals surface area contributed by atoms with Crippen molar-refractivity contribution >= 4 is 12.0 Å². The summed E-state index contributed by atoms with van der Waals surface area (Å²) in [6, 6.07) is 0. The first kappa shape index (κ1) is 13.2. The van der Waals surface area contributed by atoms with Gasteiger partial charge < -0.3 is 14.5 Å². The summed E-state index contributed by atoms with van der Waals surface area (Å²) in [5.41, 5.74) is -0.444. The van der Waals surface area contributed by atoms with Crippen LogP contribution in [0.2, 0.25) is 0 Å². The third kappa shape index (κ3) is 2.76. The third-order valence-corrected chi connectivity index (χ3v) is 3.58. The van der Waals surface area contributed by atoms with Gasteiger partial charge in [-0.25, -0.2) is 4.79 Å². The molecule has 102 valence electrons. The molecule has 2 unspecified atom stereocenters. The summed E-state index contributed by atoms with van der Waals surface area (Å²) in [7, 11) is 0. The molecule has 0 saturated carbocycles. The summed E-state index contributed by atoms with van der Waals surface area (Å²) in [4.78, 5) is 26.9. The molecule has 0 aromatic carbocycles. The first-order chi connectivity index (χ1) is 8.26. The summed E-state index contributed by atoms with van der Waals surface area (Å²) in [5, 5.41) is 0. The van der Waals surface area contributed by atoms with Gasteiger partial charge in [0, 0.05) is 44.9 Å². The molecule has 2 atom stereocenters. The van der Waals surface area contributed by atoms with Gasteiger partial charge >= 0.3 is 6.09 Å². The normalized spacial score (nSPS) is 27.3. The van der Waals surface area contributed by atoms with Gasteiger partial charge in [0.05, 0.1) is 0 Å². The summed E-state index contributed by atoms with van der Waals surface area (Å²) in [6.07, 6.45) is -0.230. The fourth-order valence-electron chi connectivity index (χ4n) is 2.73. The van der Waals surface area contributed by atoms with E-state index in [0.29, 0.717) is 24.9 Å². The van der Waals surface area contributed by atoms with Crippen molar-refractivity contribution < 1.29 is 14.3 Å². The minimum Gasteiger partial charge on any atom is -0.444 e. The van der Waals surface area contributed by atoms with E-state index in [9.17, 15) is 9.59 Å². The van der Waals surface area contributed by atoms with E-state index in [1.807, 2.05) is 25.7 Å². The molecule has 5 nitrogen and oxygen atoms in total. The van der Waals surface area contributed by atoms with Gasteiger partial charge in [-0.2, -0.15) is 0 Å². The number of amides is 2. The van der Waals surface area contributed by atoms with Crippen LogP contribution in [0.3, 0.4) is 0 Å². The third-order valence-electron chi connectivity index (χ3n) is 3.58. The van der Waals surface area contributed by atoms with Crippen molar-refractivity contribution in [2.24, 2.45) is 11.8 Å². The monoisotopic (exact) mass is 254 g/mol. The lowest BCUT2D eigenvalue weighted by Crippen LogP contribution is -2.38. The average molecular weight is 254 g/mol. The molecule has 0 N–H and O–H groups in total. The van der Waals surface area contributed by atoms with E-state index in [1.165, 1.54) is 0 Å². The smallest absolute Gasteiger partial charge is 0.410 e. The maximum absolute atomic E-state index is 11.9. The summed E-state index contributed by atoms with van der Waals surface area (Å²) in [6.45, 7) is 10.2. The predicted molar refractivity (Wildman–Crippen MR) is 67.0 cm³/mol. The summed E-state index contributed by atoms with van der Waals surface area (Å²) in [5.74, 6) is 0.969. The van der Waals surface area contributed by atoms with Gasteiger partial charge in [0.25, 0.3) is 0 Å². The van der Waals surface area contributed by atoms with E-state index in [-0.39, 0.29) is 12.0 Å². The highest BCUT2D eigenvalue weighted by atomic mass is 16.6. The van der Waals surface area contributed by atoms with E-state index >= 15 is 0 Å². The van der Waals surface area contributed by atoms with Crippen molar-refractivity contribution in [3.63, 3.8) is 0 Å². The highest BCUT2D eigenvalue weighted by Crippen LogP contribution is 2.31. The topological polar surface area (TPSA) is 49.9 Å². The molecular weight excluding hydrogens is 232 g/mol. The molecule has 2 saturated heterocycles. The van der Waals surface area contributed by atoms with Crippen LogP contribution in [0, 0.1) is 11.8 Å². The lowest BCUT2D eigenvalue weighted by molar-refractivity contribution is -0.128. The Hall–Kier alpha value is -1.26. The number of fused-ring (bicyclic) bond motifs is 1. The molecule has 2 rings (SSSR count). The zero-order valence-corrected chi connectivity index (χ0v) is 11.6. The molecular formula is C13H22N2O3. The van der Waals surface area contributed by atoms with Gasteiger partial charge in [-0.15, -0.1) is 0 Å². The Labute approximate surface area is 108 Å². The van der Waals surface area contributed by atoms with Crippen LogP contribution in [0.5, 0.6) is 0 Å². The molecule has 0 aromatic heterocycles. The fraction of sp³-hybridized carbons (Fsp3) is 0.846. The van der Waals surface area contributed by atoms with Gasteiger partial charge in [0.2, 0.25) is 5.91 Å². The zero-order chi connectivity index (χ0) is 13.5. The number of nitrogens with zero attached hydrogens (tertiary/aromatic N) is 2. The van der Waals surface area contributed by atoms with E-state index < -0.39 is 5.60 Å². The van der Waals surface area contributed by atoms with E-state index in [4.69, 9.17) is 4.74 Å². The molecule has 2 fully saturated rings. The highest BCUT2D eigenvalue weighted by Gasteiger charge is 2.43. The summed E-state index contributed by atoms with van der Waals surface area (Å²) < 4.78 is 5.37. The standard InChI is InChI=1S/C13H22N2O3/c1-9(16)14-5-10-7-15(8-11(10)6-14)12(17)18-13(2,3)4/h10-11H,5-8H2,1-4H3. The van der Waals surface area contributed by atoms with Gasteiger partial charge in [-0.1, -0.05) is 0 Å². The Morgan fingerprint density at radius 2 is 1.44 bits per heavy atom. The highest BCUT2D eigenvalue weighted by molar-refractivity contribution is 5.74. The first-order valence-corrected chi connectivity index (χ1v) is 6.49. The minimum atomic E-state index is -0.444. The lowest BCUT2D eigenvalue weighted by Gasteiger charge is -2.25. The van der Waals surface area contributed by atoms with Crippen LogP contribution in [-0.2, 0) is 9.53 Å². The predicted octanol–water partition coefficient (Wildman–Crippen LogP) is 1.33. The molecule has 0 bridgehead atoms. The number of rotatable bonds is 0. The molecule has 0 aliphatic carbocycles. The maximum atomic E-state index is 11.9. The largest absolute Gasteiger partial charge is 0.444 e. The maximum Gasteiger partial charge on any atom is 0.410 e. The van der Waals surface area contributed by atoms with Crippen LogP contribution < -0.4 is 0 Å². The molecule has 2 aliphatic rings. The number of carbonyl (C=O) groups is 2. The number of likely N-dealkylation sites (tertiary alicyclic amines) is 2. The van der Waals surface area contributed by atoms with Gasteiger partial charge in [-0.3, -0.25) is 4.79 Å². The number of hydrogen-bond donors (Lipinski definition) is 0. The average Bonchev–Trinajstić information content (AvgIpc) is 2.69. The number of hydrogen-bond acceptors (Lipinski definition) is 3. The Bertz CT molecular complexity index is 348. The molecule has 0 spiro atoms. The van der Waals surface area contributed by atoms with Crippen molar-refractivity contribution in [2.45, 2.75) is 33.3 Å². The molecule has 0 radical (unpaired) electrons. The Kier molecular flexibility index (Phi) is 3.25. The second-order valence-corrected chi connectivity index (χ2v) is 6.33. The molecule has 0 aromatic rings. The molecule has 2 heterocycles. The van der Waals surface area contributed by atoms with Crippen LogP contribution in [0.15, 0.2) is 0 Å². The molecule has 5 heteroatoms. The fourth-order valence-corrected chi connectivity index (χ4v) is 2.73. The van der Waals surface area contributed by atoms with Gasteiger partial charge in [-0.05, 0) is 20.8 Å². The Morgan fingerprint density at radius 1 is 1.00 bits per heavy atom. The van der Waals surface area contributed by atoms with Crippen LogP contribution in [0.1, 0.15) is 27.7 Å². The SMILES string of the molecule is CC(=O)N1CC2CN(C(=O)OC(C)(C)C)CC2C1. The van der Waals surface area contributed by atoms with Crippen LogP contribution >= 0.6 is 0 Å². The van der Waals surface area contributed by atoms with E-state index in [2.05, 4.69) is 0 Å². The van der Waals surface area contributed by atoms with E-state index in [0.717, 1.165) is 13.1 Å². The second-order valence-electron chi connectivity index (χ2n) is 6.33. The quantitative estimate of drug-likeness (QED) is 0.655. The summed E-state index contributed by atoms with van der Waals surface area (Å²) >= 11 is 0. The molecule has 18 heavy (non-hydrogen) atoms. The van der Waals surface area contributed by atoms with Crippen molar-refractivity contribution in [1.29, 1.82) is 0 Å². The van der Waals surface area contributed by atoms with Gasteiger partial charge in [0.1, 0.15) is 5.60 Å². The molecule has 2 aliphatic heterocycles. The second kappa shape index (κ2) is 4.44. The van der Waals surface area contributed by atoms with Gasteiger partial charge in [0.15, 0.2) is 0 Å². The Balaban J connectivity index is 1.89. The lowest BCUT2D eigenvalue weighted by atomic mass is 10.0. The minimum absolute atomic E-state index is 0.133. The first-order valence-electron chi connectivity index (χ1n) is 6.49. The van der Waals surface area contributed by atoms with Crippen molar-refractivity contribution in [3.05, 3.63) is 0 Å².